The maximum atomic E-state index is 9.78. The molecular formula is C4H7NOS. The second-order valence-electron chi connectivity index (χ2n) is 1.21. The van der Waals surface area contributed by atoms with Gasteiger partial charge in [-0.2, -0.15) is 0 Å². The first-order chi connectivity index (χ1) is 3.12. The number of aldehydes is 1. The lowest BCUT2D eigenvalue weighted by atomic mass is 10.3. The molecule has 0 aliphatic heterocycles. The number of nitrogens with two attached hydrogens (primary N) is 1. The molecule has 40 valence electrons. The van der Waals surface area contributed by atoms with Gasteiger partial charge in [-0.05, 0) is 0 Å². The molecule has 1 atom stereocenters. The summed E-state index contributed by atoms with van der Waals surface area (Å²) in [6.45, 7) is 3.27. The molecule has 2 N–H and O–H groups in total. The van der Waals surface area contributed by atoms with E-state index in [0.717, 1.165) is 0 Å². The molecule has 0 heterocycles. The van der Waals surface area contributed by atoms with Gasteiger partial charge in [0.25, 0.3) is 0 Å². The molecule has 1 unspecified atom stereocenters. The van der Waals surface area contributed by atoms with E-state index < -0.39 is 4.87 Å². The van der Waals surface area contributed by atoms with Crippen LogP contribution in [0.2, 0.25) is 0 Å². The first-order valence-electron chi connectivity index (χ1n) is 1.73. The van der Waals surface area contributed by atoms with Gasteiger partial charge < -0.3 is 5.73 Å². The Morgan fingerprint density at radius 1 is 1.86 bits per heavy atom. The summed E-state index contributed by atoms with van der Waals surface area (Å²) in [6.07, 6.45) is 1.78. The van der Waals surface area contributed by atoms with Crippen molar-refractivity contribution in [1.82, 2.24) is 0 Å². The van der Waals surface area contributed by atoms with Crippen LogP contribution >= 0.6 is 12.6 Å². The molecule has 0 aliphatic carbocycles. The van der Waals surface area contributed by atoms with Crippen LogP contribution in [-0.2, 0) is 4.79 Å². The molecule has 0 radical (unpaired) electrons. The van der Waals surface area contributed by atoms with Crippen LogP contribution in [0.15, 0.2) is 12.7 Å². The van der Waals surface area contributed by atoms with Crippen molar-refractivity contribution in [2.24, 2.45) is 5.73 Å². The Morgan fingerprint density at radius 3 is 2.29 bits per heavy atom. The van der Waals surface area contributed by atoms with Crippen LogP contribution in [0.25, 0.3) is 0 Å². The summed E-state index contributed by atoms with van der Waals surface area (Å²) in [4.78, 5) is 8.65. The zero-order valence-corrected chi connectivity index (χ0v) is 4.69. The number of hydrogen-bond acceptors (Lipinski definition) is 3. The lowest BCUT2D eigenvalue weighted by Gasteiger charge is -2.05. The second kappa shape index (κ2) is 2.14. The Balaban J connectivity index is 3.82. The fraction of sp³-hybridized carbons (Fsp3) is 0.250. The van der Waals surface area contributed by atoms with Crippen molar-refractivity contribution in [2.75, 3.05) is 0 Å². The van der Waals surface area contributed by atoms with E-state index in [1.54, 1.807) is 0 Å². The first kappa shape index (κ1) is 6.72. The van der Waals surface area contributed by atoms with E-state index in [-0.39, 0.29) is 0 Å². The number of thiol groups is 1. The van der Waals surface area contributed by atoms with Gasteiger partial charge in [0.05, 0.1) is 0 Å². The highest BCUT2D eigenvalue weighted by molar-refractivity contribution is 7.82. The van der Waals surface area contributed by atoms with Gasteiger partial charge >= 0.3 is 0 Å². The Morgan fingerprint density at radius 2 is 2.29 bits per heavy atom. The predicted octanol–water partition coefficient (Wildman–Crippen LogP) is -0.0439. The minimum absolute atomic E-state index is 0.517. The monoisotopic (exact) mass is 117 g/mol. The van der Waals surface area contributed by atoms with E-state index in [4.69, 9.17) is 5.73 Å². The molecule has 0 bridgehead atoms. The lowest BCUT2D eigenvalue weighted by Crippen LogP contribution is -2.31. The van der Waals surface area contributed by atoms with Gasteiger partial charge in [-0.1, -0.05) is 12.7 Å². The SMILES string of the molecule is C=CC(N)(S)C=O. The second-order valence-corrected chi connectivity index (χ2v) is 1.98. The van der Waals surface area contributed by atoms with Crippen molar-refractivity contribution in [1.29, 1.82) is 0 Å². The van der Waals surface area contributed by atoms with Crippen LogP contribution < -0.4 is 5.73 Å². The normalized spacial score (nSPS) is 17.4. The minimum Gasteiger partial charge on any atom is -0.308 e. The highest BCUT2D eigenvalue weighted by Gasteiger charge is 2.10. The highest BCUT2D eigenvalue weighted by atomic mass is 32.1. The standard InChI is InChI=1S/C4H7NOS/c1-2-4(5,7)3-6/h2-3,7H,1,5H2. The minimum atomic E-state index is -1.14. The molecule has 0 spiro atoms. The van der Waals surface area contributed by atoms with E-state index in [1.165, 1.54) is 6.08 Å². The molecule has 0 rings (SSSR count). The molecule has 0 amide bonds. The Bertz CT molecular complexity index is 79.7. The quantitative estimate of drug-likeness (QED) is 0.230. The summed E-state index contributed by atoms with van der Waals surface area (Å²) < 4.78 is 0. The molecule has 0 aromatic rings. The van der Waals surface area contributed by atoms with Gasteiger partial charge in [-0.3, -0.25) is 4.79 Å². The van der Waals surface area contributed by atoms with E-state index in [0.29, 0.717) is 6.29 Å². The van der Waals surface area contributed by atoms with Crippen LogP contribution in [-0.4, -0.2) is 11.2 Å². The third-order valence-corrected chi connectivity index (χ3v) is 0.804. The topological polar surface area (TPSA) is 43.1 Å². The molecular weight excluding hydrogens is 110 g/mol. The zero-order valence-electron chi connectivity index (χ0n) is 3.79. The predicted molar refractivity (Wildman–Crippen MR) is 32.2 cm³/mol. The van der Waals surface area contributed by atoms with E-state index in [2.05, 4.69) is 19.2 Å². The molecule has 3 heteroatoms. The van der Waals surface area contributed by atoms with Crippen LogP contribution in [0.1, 0.15) is 0 Å². The largest absolute Gasteiger partial charge is 0.308 e. The maximum Gasteiger partial charge on any atom is 0.153 e. The fourth-order valence-corrected chi connectivity index (χ4v) is 0.0481. The molecule has 0 saturated carbocycles. The van der Waals surface area contributed by atoms with Crippen molar-refractivity contribution >= 4 is 18.9 Å². The van der Waals surface area contributed by atoms with Gasteiger partial charge in [0.1, 0.15) is 4.87 Å². The molecule has 0 saturated heterocycles. The van der Waals surface area contributed by atoms with Crippen LogP contribution in [0.4, 0.5) is 0 Å². The van der Waals surface area contributed by atoms with Gasteiger partial charge in [0.15, 0.2) is 6.29 Å². The number of rotatable bonds is 2. The number of carbonyl (C=O) groups excluding carboxylic acids is 1. The molecule has 2 nitrogen and oxygen atoms in total. The van der Waals surface area contributed by atoms with E-state index >= 15 is 0 Å². The first-order valence-corrected chi connectivity index (χ1v) is 2.18. The van der Waals surface area contributed by atoms with Gasteiger partial charge in [0.2, 0.25) is 0 Å². The van der Waals surface area contributed by atoms with Crippen molar-refractivity contribution < 1.29 is 4.79 Å². The van der Waals surface area contributed by atoms with Crippen molar-refractivity contribution in [3.63, 3.8) is 0 Å². The molecule has 0 aromatic heterocycles. The third kappa shape index (κ3) is 2.42. The van der Waals surface area contributed by atoms with Gasteiger partial charge in [-0.25, -0.2) is 0 Å². The number of hydrogen-bond donors (Lipinski definition) is 2. The smallest absolute Gasteiger partial charge is 0.153 e. The summed E-state index contributed by atoms with van der Waals surface area (Å²) >= 11 is 3.68. The third-order valence-electron chi connectivity index (χ3n) is 0.516. The molecule has 0 fully saturated rings. The molecule has 7 heavy (non-hydrogen) atoms. The Hall–Kier alpha value is -0.280. The summed E-state index contributed by atoms with van der Waals surface area (Å²) in [6, 6.07) is 0. The van der Waals surface area contributed by atoms with Crippen LogP contribution in [0.5, 0.6) is 0 Å². The average Bonchev–Trinajstić information content (AvgIpc) is 1.68. The zero-order chi connectivity index (χ0) is 5.91. The lowest BCUT2D eigenvalue weighted by molar-refractivity contribution is -0.108. The number of carbonyl (C=O) groups is 1. The average molecular weight is 117 g/mol. The summed E-state index contributed by atoms with van der Waals surface area (Å²) in [7, 11) is 0. The Kier molecular flexibility index (Phi) is 2.05. The summed E-state index contributed by atoms with van der Waals surface area (Å²) in [5.41, 5.74) is 5.09. The van der Waals surface area contributed by atoms with Crippen LogP contribution in [0, 0.1) is 0 Å². The van der Waals surface area contributed by atoms with E-state index in [9.17, 15) is 4.79 Å². The van der Waals surface area contributed by atoms with Crippen LogP contribution in [0.3, 0.4) is 0 Å². The van der Waals surface area contributed by atoms with Gasteiger partial charge in [-0.15, -0.1) is 12.6 Å². The molecule has 0 aliphatic rings. The maximum absolute atomic E-state index is 9.78. The van der Waals surface area contributed by atoms with E-state index in [1.807, 2.05) is 0 Å². The summed E-state index contributed by atoms with van der Waals surface area (Å²) in [5.74, 6) is 0. The molecule has 0 aromatic carbocycles. The van der Waals surface area contributed by atoms with Crippen molar-refractivity contribution in [3.05, 3.63) is 12.7 Å². The fourth-order valence-electron chi connectivity index (χ4n) is 0.0481. The Labute approximate surface area is 47.8 Å². The van der Waals surface area contributed by atoms with Crippen molar-refractivity contribution in [3.8, 4) is 0 Å². The van der Waals surface area contributed by atoms with Gasteiger partial charge in [0, 0.05) is 0 Å². The van der Waals surface area contributed by atoms with Crippen molar-refractivity contribution in [2.45, 2.75) is 4.87 Å². The highest BCUT2D eigenvalue weighted by Crippen LogP contribution is 2.00. The summed E-state index contributed by atoms with van der Waals surface area (Å²) in [5, 5.41) is 0.